The number of fused-ring (bicyclic) bond motifs is 1. The van der Waals surface area contributed by atoms with Gasteiger partial charge in [-0.15, -0.1) is 11.3 Å². The molecule has 0 bridgehead atoms. The number of nitrogens with one attached hydrogen (secondary N) is 1. The van der Waals surface area contributed by atoms with E-state index < -0.39 is 4.92 Å². The number of nitro groups is 1. The fraction of sp³-hybridized carbons (Fsp3) is 0.435. The van der Waals surface area contributed by atoms with Gasteiger partial charge in [0.25, 0.3) is 11.6 Å². The third kappa shape index (κ3) is 4.90. The highest BCUT2D eigenvalue weighted by molar-refractivity contribution is 7.20. The Balaban J connectivity index is 1.83. The molecule has 1 amide bonds. The Morgan fingerprint density at radius 3 is 2.36 bits per heavy atom. The van der Waals surface area contributed by atoms with Crippen molar-refractivity contribution in [2.75, 3.05) is 20.8 Å². The van der Waals surface area contributed by atoms with E-state index in [1.807, 2.05) is 13.8 Å². The molecule has 3 aromatic rings. The number of rotatable bonds is 7. The molecule has 0 saturated heterocycles. The number of hydrogen-bond acceptors (Lipinski definition) is 8. The summed E-state index contributed by atoms with van der Waals surface area (Å²) in [6.07, 6.45) is 0.263. The van der Waals surface area contributed by atoms with Crippen molar-refractivity contribution in [2.24, 2.45) is 0 Å². The van der Waals surface area contributed by atoms with Gasteiger partial charge in [-0.2, -0.15) is 0 Å². The summed E-state index contributed by atoms with van der Waals surface area (Å²) >= 11 is 1.33. The fourth-order valence-electron chi connectivity index (χ4n) is 3.56. The Kier molecular flexibility index (Phi) is 6.87. The number of nitro benzene ring substituents is 1. The van der Waals surface area contributed by atoms with Crippen LogP contribution in [0.25, 0.3) is 10.2 Å². The Labute approximate surface area is 196 Å². The van der Waals surface area contributed by atoms with E-state index in [1.54, 1.807) is 6.07 Å². The molecule has 2 heterocycles. The van der Waals surface area contributed by atoms with Gasteiger partial charge in [-0.25, -0.2) is 9.97 Å². The zero-order valence-electron chi connectivity index (χ0n) is 19.9. The number of benzene rings is 1. The molecule has 0 fully saturated rings. The van der Waals surface area contributed by atoms with Gasteiger partial charge in [0.1, 0.15) is 10.7 Å². The molecule has 0 radical (unpaired) electrons. The van der Waals surface area contributed by atoms with Crippen molar-refractivity contribution >= 4 is 33.1 Å². The first-order valence-corrected chi connectivity index (χ1v) is 11.2. The monoisotopic (exact) mass is 472 g/mol. The molecule has 176 valence electrons. The zero-order valence-corrected chi connectivity index (χ0v) is 20.7. The lowest BCUT2D eigenvalue weighted by Gasteiger charge is -2.16. The molecule has 0 spiro atoms. The highest BCUT2D eigenvalue weighted by Gasteiger charge is 2.24. The predicted octanol–water partition coefficient (Wildman–Crippen LogP) is 4.50. The van der Waals surface area contributed by atoms with Gasteiger partial charge in [0.05, 0.1) is 35.8 Å². The predicted molar refractivity (Wildman–Crippen MR) is 128 cm³/mol. The number of aryl methyl sites for hydroxylation is 2. The third-order valence-corrected chi connectivity index (χ3v) is 6.49. The van der Waals surface area contributed by atoms with Crippen molar-refractivity contribution in [3.63, 3.8) is 0 Å². The van der Waals surface area contributed by atoms with Crippen molar-refractivity contribution in [1.29, 1.82) is 0 Å². The number of carbonyl (C=O) groups is 1. The molecule has 0 unspecified atom stereocenters. The minimum Gasteiger partial charge on any atom is -0.493 e. The van der Waals surface area contributed by atoms with E-state index in [-0.39, 0.29) is 35.7 Å². The van der Waals surface area contributed by atoms with Crippen molar-refractivity contribution in [3.05, 3.63) is 49.8 Å². The van der Waals surface area contributed by atoms with E-state index in [0.717, 1.165) is 27.3 Å². The summed E-state index contributed by atoms with van der Waals surface area (Å²) in [5.41, 5.74) is 1.84. The molecule has 10 heteroatoms. The summed E-state index contributed by atoms with van der Waals surface area (Å²) in [4.78, 5) is 34.6. The van der Waals surface area contributed by atoms with Crippen molar-refractivity contribution in [3.8, 4) is 11.5 Å². The molecule has 0 aliphatic heterocycles. The maximum atomic E-state index is 12.9. The van der Waals surface area contributed by atoms with E-state index in [2.05, 4.69) is 31.1 Å². The van der Waals surface area contributed by atoms with Gasteiger partial charge >= 0.3 is 0 Å². The van der Waals surface area contributed by atoms with Crippen LogP contribution in [0.2, 0.25) is 0 Å². The molecular weight excluding hydrogens is 444 g/mol. The second kappa shape index (κ2) is 9.30. The van der Waals surface area contributed by atoms with Gasteiger partial charge in [-0.1, -0.05) is 20.8 Å². The lowest BCUT2D eigenvalue weighted by molar-refractivity contribution is -0.385. The maximum Gasteiger partial charge on any atom is 0.276 e. The van der Waals surface area contributed by atoms with E-state index in [4.69, 9.17) is 14.5 Å². The van der Waals surface area contributed by atoms with Crippen LogP contribution in [-0.2, 0) is 11.8 Å². The minimum absolute atomic E-state index is 0.0828. The van der Waals surface area contributed by atoms with Crippen LogP contribution in [-0.4, -0.2) is 41.6 Å². The van der Waals surface area contributed by atoms with Crippen LogP contribution < -0.4 is 14.8 Å². The van der Waals surface area contributed by atoms with Gasteiger partial charge in [-0.05, 0) is 31.9 Å². The van der Waals surface area contributed by atoms with Gasteiger partial charge in [0.2, 0.25) is 0 Å². The largest absolute Gasteiger partial charge is 0.493 e. The van der Waals surface area contributed by atoms with Crippen LogP contribution in [0.15, 0.2) is 12.1 Å². The van der Waals surface area contributed by atoms with Crippen molar-refractivity contribution in [2.45, 2.75) is 46.5 Å². The summed E-state index contributed by atoms with van der Waals surface area (Å²) in [5.74, 6) is 1.18. The molecule has 3 rings (SSSR count). The molecule has 9 nitrogen and oxygen atoms in total. The summed E-state index contributed by atoms with van der Waals surface area (Å²) in [6, 6.07) is 2.90. The topological polar surface area (TPSA) is 116 Å². The molecule has 1 aromatic carbocycles. The molecule has 0 atom stereocenters. The highest BCUT2D eigenvalue weighted by atomic mass is 32.1. The average Bonchev–Trinajstić information content (AvgIpc) is 3.09. The van der Waals surface area contributed by atoms with Gasteiger partial charge in [0.15, 0.2) is 11.5 Å². The van der Waals surface area contributed by atoms with Crippen LogP contribution >= 0.6 is 11.3 Å². The lowest BCUT2D eigenvalue weighted by Crippen LogP contribution is -2.25. The SMILES string of the molecule is COc1cc(CCNC(=O)c2sc3nc(C(C)(C)C)nc(C)c3c2C)c([N+](=O)[O-])cc1OC. The molecule has 0 aliphatic carbocycles. The Morgan fingerprint density at radius 1 is 1.15 bits per heavy atom. The number of nitrogens with zero attached hydrogens (tertiary/aromatic N) is 3. The summed E-state index contributed by atoms with van der Waals surface area (Å²) in [6.45, 7) is 10.2. The fourth-order valence-corrected chi connectivity index (χ4v) is 4.71. The van der Waals surface area contributed by atoms with Crippen LogP contribution in [0.4, 0.5) is 5.69 Å². The van der Waals surface area contributed by atoms with Crippen LogP contribution in [0.3, 0.4) is 0 Å². The number of hydrogen-bond donors (Lipinski definition) is 1. The first-order chi connectivity index (χ1) is 15.5. The van der Waals surface area contributed by atoms with E-state index >= 15 is 0 Å². The summed E-state index contributed by atoms with van der Waals surface area (Å²) in [7, 11) is 2.89. The number of aromatic nitrogens is 2. The van der Waals surface area contributed by atoms with E-state index in [9.17, 15) is 14.9 Å². The highest BCUT2D eigenvalue weighted by Crippen LogP contribution is 2.35. The third-order valence-electron chi connectivity index (χ3n) is 5.31. The summed E-state index contributed by atoms with van der Waals surface area (Å²) < 4.78 is 10.4. The molecule has 1 N–H and O–H groups in total. The second-order valence-corrected chi connectivity index (χ2v) is 9.72. The number of amides is 1. The molecule has 2 aromatic heterocycles. The second-order valence-electron chi connectivity index (χ2n) is 8.72. The minimum atomic E-state index is -0.469. The summed E-state index contributed by atoms with van der Waals surface area (Å²) in [5, 5.41) is 15.3. The number of thiophene rings is 1. The number of carbonyl (C=O) groups excluding carboxylic acids is 1. The Morgan fingerprint density at radius 2 is 1.79 bits per heavy atom. The van der Waals surface area contributed by atoms with Crippen molar-refractivity contribution < 1.29 is 19.2 Å². The van der Waals surface area contributed by atoms with E-state index in [0.29, 0.717) is 16.2 Å². The molecule has 0 saturated carbocycles. The Hall–Kier alpha value is -3.27. The van der Waals surface area contributed by atoms with Crippen LogP contribution in [0.1, 0.15) is 53.1 Å². The van der Waals surface area contributed by atoms with Gasteiger partial charge < -0.3 is 14.8 Å². The first kappa shape index (κ1) is 24.4. The lowest BCUT2D eigenvalue weighted by atomic mass is 9.95. The zero-order chi connectivity index (χ0) is 24.5. The van der Waals surface area contributed by atoms with Crippen LogP contribution in [0.5, 0.6) is 11.5 Å². The quantitative estimate of drug-likeness (QED) is 0.397. The Bertz CT molecular complexity index is 1230. The van der Waals surface area contributed by atoms with Crippen LogP contribution in [0, 0.1) is 24.0 Å². The number of methoxy groups -OCH3 is 2. The normalized spacial score (nSPS) is 11.5. The first-order valence-electron chi connectivity index (χ1n) is 10.4. The van der Waals surface area contributed by atoms with E-state index in [1.165, 1.54) is 31.6 Å². The molecule has 0 aliphatic rings. The smallest absolute Gasteiger partial charge is 0.276 e. The average molecular weight is 473 g/mol. The van der Waals surface area contributed by atoms with Gasteiger partial charge in [0, 0.05) is 22.9 Å². The van der Waals surface area contributed by atoms with Crippen molar-refractivity contribution in [1.82, 2.24) is 15.3 Å². The molecule has 33 heavy (non-hydrogen) atoms. The molecular formula is C23H28N4O5S. The number of ether oxygens (including phenoxy) is 2. The standard InChI is InChI=1S/C23H28N4O5S/c1-12-18-13(2)25-22(23(3,4)5)26-21(18)33-19(12)20(28)24-9-8-14-10-16(31-6)17(32-7)11-15(14)27(29)30/h10-11H,8-9H2,1-7H3,(H,24,28). The van der Waals surface area contributed by atoms with Gasteiger partial charge in [-0.3, -0.25) is 14.9 Å². The maximum absolute atomic E-state index is 12.9.